The Balaban J connectivity index is 1.43. The molecule has 10 heteroatoms. The number of aromatic amines is 1. The molecular formula is C26H30ClN7O2. The van der Waals surface area contributed by atoms with Gasteiger partial charge in [-0.3, -0.25) is 10.2 Å². The Hall–Kier alpha value is -3.66. The second-order valence-corrected chi connectivity index (χ2v) is 9.07. The first-order valence-corrected chi connectivity index (χ1v) is 12.2. The molecule has 0 unspecified atom stereocenters. The van der Waals surface area contributed by atoms with Crippen LogP contribution in [0.15, 0.2) is 71.9 Å². The Bertz CT molecular complexity index is 1260. The predicted molar refractivity (Wildman–Crippen MR) is 142 cm³/mol. The molecule has 3 aromatic rings. The van der Waals surface area contributed by atoms with E-state index >= 15 is 0 Å². The van der Waals surface area contributed by atoms with Crippen LogP contribution in [-0.4, -0.2) is 48.1 Å². The number of H-pyrrole nitrogens is 1. The second kappa shape index (κ2) is 11.4. The molecular weight excluding hydrogens is 478 g/mol. The average Bonchev–Trinajstić information content (AvgIpc) is 2.89. The summed E-state index contributed by atoms with van der Waals surface area (Å²) in [5, 5.41) is 25.8. The molecule has 1 saturated heterocycles. The number of halogens is 1. The maximum atomic E-state index is 12.0. The van der Waals surface area contributed by atoms with Gasteiger partial charge in [-0.15, -0.1) is 0 Å². The number of nitrogens with two attached hydrogens (primary N) is 1. The first-order valence-electron chi connectivity index (χ1n) is 11.8. The first kappa shape index (κ1) is 25.4. The molecule has 1 fully saturated rings. The fourth-order valence-electron chi connectivity index (χ4n) is 4.20. The molecule has 0 aliphatic carbocycles. The Morgan fingerprint density at radius 3 is 2.50 bits per heavy atom. The van der Waals surface area contributed by atoms with Gasteiger partial charge in [0.15, 0.2) is 5.49 Å². The third-order valence-electron chi connectivity index (χ3n) is 6.19. The third kappa shape index (κ3) is 6.12. The Morgan fingerprint density at radius 2 is 1.83 bits per heavy atom. The lowest BCUT2D eigenvalue weighted by molar-refractivity contribution is 0.0117. The Kier molecular flexibility index (Phi) is 8.04. The molecule has 0 bridgehead atoms. The standard InChI is InChI=1S/C26H30ClN7O2/c27-20-7-5-19(6-8-20)26(36)11-16-34(17-12-26)22-2-1-14-30-23(22)33-25(29)32-21-9-3-18(4-10-21)24(35)31-15-13-28/h1-10,14,36H,11-13,15-17,28H2,(H,31,35)(H3,29,30,32,33). The summed E-state index contributed by atoms with van der Waals surface area (Å²) < 4.78 is 0. The second-order valence-electron chi connectivity index (χ2n) is 8.64. The maximum absolute atomic E-state index is 12.0. The highest BCUT2D eigenvalue weighted by molar-refractivity contribution is 6.30. The van der Waals surface area contributed by atoms with Crippen LogP contribution in [0.25, 0.3) is 0 Å². The van der Waals surface area contributed by atoms with E-state index < -0.39 is 5.60 Å². The number of aliphatic hydroxyl groups is 1. The molecule has 0 atom stereocenters. The molecule has 1 aliphatic heterocycles. The molecule has 2 aromatic carbocycles. The highest BCUT2D eigenvalue weighted by Gasteiger charge is 2.34. The topological polar surface area (TPSA) is 143 Å². The summed E-state index contributed by atoms with van der Waals surface area (Å²) in [6.07, 6.45) is 2.88. The molecule has 9 nitrogen and oxygen atoms in total. The molecule has 0 saturated carbocycles. The minimum Gasteiger partial charge on any atom is -0.385 e. The van der Waals surface area contributed by atoms with Crippen LogP contribution in [-0.2, 0) is 5.60 Å². The number of carbonyl (C=O) groups is 1. The van der Waals surface area contributed by atoms with E-state index in [1.165, 1.54) is 0 Å². The SMILES string of the molecule is N=C(/N=c1\[nH]cccc1N1CCC(O)(c2ccc(Cl)cc2)CC1)Nc1ccc(C(=O)NCCN)cc1. The molecule has 36 heavy (non-hydrogen) atoms. The van der Waals surface area contributed by atoms with Crippen LogP contribution in [0.3, 0.4) is 0 Å². The Labute approximate surface area is 214 Å². The summed E-state index contributed by atoms with van der Waals surface area (Å²) in [6, 6.07) is 18.0. The van der Waals surface area contributed by atoms with Crippen LogP contribution in [0.5, 0.6) is 0 Å². The van der Waals surface area contributed by atoms with Crippen molar-refractivity contribution in [2.75, 3.05) is 36.4 Å². The Morgan fingerprint density at radius 1 is 1.14 bits per heavy atom. The fourth-order valence-corrected chi connectivity index (χ4v) is 4.33. The molecule has 0 spiro atoms. The van der Waals surface area contributed by atoms with E-state index in [0.29, 0.717) is 60.8 Å². The molecule has 2 heterocycles. The van der Waals surface area contributed by atoms with Crippen molar-refractivity contribution >= 4 is 34.8 Å². The van der Waals surface area contributed by atoms with E-state index in [1.54, 1.807) is 42.6 Å². The number of guanidine groups is 1. The summed E-state index contributed by atoms with van der Waals surface area (Å²) in [7, 11) is 0. The number of aromatic nitrogens is 1. The highest BCUT2D eigenvalue weighted by atomic mass is 35.5. The smallest absolute Gasteiger partial charge is 0.251 e. The van der Waals surface area contributed by atoms with Crippen LogP contribution in [0.2, 0.25) is 5.02 Å². The van der Waals surface area contributed by atoms with Crippen LogP contribution in [0, 0.1) is 5.41 Å². The zero-order valence-corrected chi connectivity index (χ0v) is 20.6. The molecule has 1 aromatic heterocycles. The average molecular weight is 508 g/mol. The number of nitrogens with zero attached hydrogens (tertiary/aromatic N) is 2. The lowest BCUT2D eigenvalue weighted by atomic mass is 9.84. The van der Waals surface area contributed by atoms with Crippen molar-refractivity contribution in [3.05, 3.63) is 88.5 Å². The monoisotopic (exact) mass is 507 g/mol. The number of carbonyl (C=O) groups excluding carboxylic acids is 1. The van der Waals surface area contributed by atoms with Gasteiger partial charge in [-0.1, -0.05) is 23.7 Å². The van der Waals surface area contributed by atoms with E-state index in [4.69, 9.17) is 22.7 Å². The van der Waals surface area contributed by atoms with Crippen molar-refractivity contribution < 1.29 is 9.90 Å². The van der Waals surface area contributed by atoms with Crippen molar-refractivity contribution in [2.45, 2.75) is 18.4 Å². The summed E-state index contributed by atoms with van der Waals surface area (Å²) >= 11 is 6.00. The zero-order valence-electron chi connectivity index (χ0n) is 19.8. The quantitative estimate of drug-likeness (QED) is 0.225. The van der Waals surface area contributed by atoms with Gasteiger partial charge in [0, 0.05) is 48.6 Å². The number of anilines is 2. The largest absolute Gasteiger partial charge is 0.385 e. The van der Waals surface area contributed by atoms with E-state index in [2.05, 4.69) is 25.5 Å². The normalized spacial score (nSPS) is 15.4. The van der Waals surface area contributed by atoms with Crippen molar-refractivity contribution in [1.82, 2.24) is 10.3 Å². The van der Waals surface area contributed by atoms with Crippen molar-refractivity contribution in [1.29, 1.82) is 5.41 Å². The molecule has 0 radical (unpaired) electrons. The van der Waals surface area contributed by atoms with Crippen LogP contribution in [0.1, 0.15) is 28.8 Å². The number of rotatable bonds is 6. The predicted octanol–water partition coefficient (Wildman–Crippen LogP) is 2.79. The van der Waals surface area contributed by atoms with Crippen molar-refractivity contribution in [2.24, 2.45) is 10.7 Å². The van der Waals surface area contributed by atoms with E-state index in [1.807, 2.05) is 24.3 Å². The lowest BCUT2D eigenvalue weighted by Gasteiger charge is -2.39. The number of piperidine rings is 1. The molecule has 188 valence electrons. The number of nitrogens with one attached hydrogen (secondary N) is 4. The first-order chi connectivity index (χ1) is 17.4. The third-order valence-corrected chi connectivity index (χ3v) is 6.44. The number of amides is 1. The van der Waals surface area contributed by atoms with Crippen molar-refractivity contribution in [3.8, 4) is 0 Å². The number of hydrogen-bond donors (Lipinski definition) is 6. The van der Waals surface area contributed by atoms with Gasteiger partial charge < -0.3 is 31.4 Å². The van der Waals surface area contributed by atoms with Gasteiger partial charge in [-0.25, -0.2) is 0 Å². The van der Waals surface area contributed by atoms with Gasteiger partial charge in [0.1, 0.15) is 0 Å². The summed E-state index contributed by atoms with van der Waals surface area (Å²) in [5.41, 5.74) is 7.93. The fraction of sp³-hybridized carbons (Fsp3) is 0.269. The molecule has 7 N–H and O–H groups in total. The molecule has 1 aliphatic rings. The van der Waals surface area contributed by atoms with Crippen LogP contribution >= 0.6 is 11.6 Å². The van der Waals surface area contributed by atoms with Gasteiger partial charge in [-0.2, -0.15) is 4.99 Å². The van der Waals surface area contributed by atoms with Gasteiger partial charge in [0.05, 0.1) is 11.3 Å². The van der Waals surface area contributed by atoms with Gasteiger partial charge in [0.2, 0.25) is 5.96 Å². The van der Waals surface area contributed by atoms with Crippen molar-refractivity contribution in [3.63, 3.8) is 0 Å². The zero-order chi connectivity index (χ0) is 25.5. The number of benzene rings is 2. The number of hydrogen-bond acceptors (Lipinski definition) is 5. The number of pyridine rings is 1. The summed E-state index contributed by atoms with van der Waals surface area (Å²) in [6.45, 7) is 2.06. The lowest BCUT2D eigenvalue weighted by Crippen LogP contribution is -2.44. The molecule has 1 amide bonds. The summed E-state index contributed by atoms with van der Waals surface area (Å²) in [4.78, 5) is 21.7. The molecule has 4 rings (SSSR count). The van der Waals surface area contributed by atoms with E-state index in [-0.39, 0.29) is 11.9 Å². The summed E-state index contributed by atoms with van der Waals surface area (Å²) in [5.74, 6) is -0.242. The van der Waals surface area contributed by atoms with Gasteiger partial charge in [-0.05, 0) is 66.9 Å². The minimum absolute atomic E-state index is 0.0475. The highest BCUT2D eigenvalue weighted by Crippen LogP contribution is 2.34. The minimum atomic E-state index is -0.904. The maximum Gasteiger partial charge on any atom is 0.251 e. The van der Waals surface area contributed by atoms with E-state index in [9.17, 15) is 9.90 Å². The van der Waals surface area contributed by atoms with Gasteiger partial charge >= 0.3 is 0 Å². The van der Waals surface area contributed by atoms with Crippen LogP contribution < -0.4 is 26.8 Å². The van der Waals surface area contributed by atoms with E-state index in [0.717, 1.165) is 11.3 Å². The van der Waals surface area contributed by atoms with Gasteiger partial charge in [0.25, 0.3) is 5.91 Å². The van der Waals surface area contributed by atoms with Crippen LogP contribution in [0.4, 0.5) is 11.4 Å².